The number of nitrogens with two attached hydrogens (primary N) is 2. The smallest absolute Gasteiger partial charge is 0.269 e. The third-order valence-corrected chi connectivity index (χ3v) is 1.95. The van der Waals surface area contributed by atoms with Crippen LogP contribution in [0.3, 0.4) is 0 Å². The van der Waals surface area contributed by atoms with Crippen molar-refractivity contribution in [2.75, 3.05) is 5.73 Å². The quantitative estimate of drug-likeness (QED) is 0.269. The van der Waals surface area contributed by atoms with Crippen LogP contribution in [0.4, 0.5) is 5.69 Å². The molecule has 0 heterocycles. The minimum atomic E-state index is -1.38. The van der Waals surface area contributed by atoms with Gasteiger partial charge in [0, 0.05) is 5.69 Å². The Labute approximate surface area is 90.5 Å². The molecule has 1 aromatic carbocycles. The maximum absolute atomic E-state index is 9.02. The Kier molecular flexibility index (Phi) is 3.79. The molecule has 0 aliphatic heterocycles. The number of rotatable bonds is 3. The second kappa shape index (κ2) is 4.68. The highest BCUT2D eigenvalue weighted by atomic mass is 35.5. The number of halogens is 2. The van der Waals surface area contributed by atoms with Crippen molar-refractivity contribution in [2.24, 2.45) is 5.84 Å². The first-order valence-corrected chi connectivity index (χ1v) is 4.35. The molecule has 78 valence electrons. The number of hydrogen-bond donors (Lipinski definition) is 4. The Morgan fingerprint density at radius 1 is 1.36 bits per heavy atom. The number of benzene rings is 1. The molecule has 1 rings (SSSR count). The third kappa shape index (κ3) is 2.63. The molecule has 6 N–H and O–H groups in total. The molecular weight excluding hydrogens is 229 g/mol. The molecule has 0 amide bonds. The average Bonchev–Trinajstić information content (AvgIpc) is 2.10. The molecular formula is C7H9Cl2N3O2. The van der Waals surface area contributed by atoms with Crippen LogP contribution in [0.5, 0.6) is 5.75 Å². The monoisotopic (exact) mass is 237 g/mol. The lowest BCUT2D eigenvalue weighted by Gasteiger charge is -2.14. The van der Waals surface area contributed by atoms with Gasteiger partial charge in [0.15, 0.2) is 5.75 Å². The van der Waals surface area contributed by atoms with Gasteiger partial charge < -0.3 is 15.6 Å². The van der Waals surface area contributed by atoms with Crippen molar-refractivity contribution in [3.05, 3.63) is 22.2 Å². The van der Waals surface area contributed by atoms with E-state index in [4.69, 9.17) is 44.6 Å². The van der Waals surface area contributed by atoms with E-state index < -0.39 is 6.41 Å². The molecule has 1 atom stereocenters. The molecule has 14 heavy (non-hydrogen) atoms. The summed E-state index contributed by atoms with van der Waals surface area (Å²) in [5.74, 6) is 5.03. The fraction of sp³-hybridized carbons (Fsp3) is 0.143. The predicted octanol–water partition coefficient (Wildman–Crippen LogP) is 0.694. The van der Waals surface area contributed by atoms with Crippen LogP contribution in [-0.4, -0.2) is 11.5 Å². The second-order valence-corrected chi connectivity index (χ2v) is 3.26. The molecule has 7 heteroatoms. The van der Waals surface area contributed by atoms with E-state index in [0.717, 1.165) is 0 Å². The summed E-state index contributed by atoms with van der Waals surface area (Å²) in [6, 6.07) is 2.90. The molecule has 5 nitrogen and oxygen atoms in total. The van der Waals surface area contributed by atoms with Gasteiger partial charge in [0.2, 0.25) is 0 Å². The van der Waals surface area contributed by atoms with Gasteiger partial charge in [0.1, 0.15) is 0 Å². The summed E-state index contributed by atoms with van der Waals surface area (Å²) in [7, 11) is 0. The number of nitrogens with one attached hydrogen (secondary N) is 1. The zero-order chi connectivity index (χ0) is 10.7. The fourth-order valence-corrected chi connectivity index (χ4v) is 1.43. The summed E-state index contributed by atoms with van der Waals surface area (Å²) in [5.41, 5.74) is 7.84. The molecule has 0 aliphatic carbocycles. The normalized spacial score (nSPS) is 12.6. The van der Waals surface area contributed by atoms with Crippen molar-refractivity contribution >= 4 is 28.9 Å². The van der Waals surface area contributed by atoms with Crippen molar-refractivity contribution < 1.29 is 9.84 Å². The number of nitrogen functional groups attached to an aromatic ring is 1. The number of aliphatic hydroxyl groups excluding tert-OH is 1. The molecule has 0 bridgehead atoms. The molecule has 0 saturated heterocycles. The fourth-order valence-electron chi connectivity index (χ4n) is 0.838. The summed E-state index contributed by atoms with van der Waals surface area (Å²) >= 11 is 11.5. The number of aliphatic hydroxyl groups is 1. The molecule has 0 saturated carbocycles. The number of hydrazine groups is 1. The highest BCUT2D eigenvalue weighted by molar-refractivity contribution is 6.37. The van der Waals surface area contributed by atoms with E-state index in [1.807, 2.05) is 5.43 Å². The van der Waals surface area contributed by atoms with Crippen molar-refractivity contribution in [3.63, 3.8) is 0 Å². The van der Waals surface area contributed by atoms with Crippen LogP contribution >= 0.6 is 23.2 Å². The molecule has 1 unspecified atom stereocenters. The summed E-state index contributed by atoms with van der Waals surface area (Å²) < 4.78 is 4.88. The topological polar surface area (TPSA) is 93.5 Å². The summed E-state index contributed by atoms with van der Waals surface area (Å²) in [6.45, 7) is 0. The zero-order valence-corrected chi connectivity index (χ0v) is 8.51. The number of ether oxygens (including phenoxy) is 1. The first-order chi connectivity index (χ1) is 6.54. The van der Waals surface area contributed by atoms with E-state index in [9.17, 15) is 0 Å². The summed E-state index contributed by atoms with van der Waals surface area (Å²) in [4.78, 5) is 0. The van der Waals surface area contributed by atoms with Crippen LogP contribution in [0.1, 0.15) is 0 Å². The SMILES string of the molecule is NNC(O)Oc1c(Cl)cc(N)cc1Cl. The van der Waals surface area contributed by atoms with Gasteiger partial charge in [0.25, 0.3) is 6.41 Å². The van der Waals surface area contributed by atoms with Crippen molar-refractivity contribution in [2.45, 2.75) is 6.41 Å². The standard InChI is InChI=1S/C7H9Cl2N3O2/c8-4-1-3(10)2-5(9)6(4)14-7(13)12-11/h1-2,7,12-13H,10-11H2. The van der Waals surface area contributed by atoms with Crippen LogP contribution < -0.4 is 21.7 Å². The van der Waals surface area contributed by atoms with Gasteiger partial charge in [-0.1, -0.05) is 23.2 Å². The number of anilines is 1. The van der Waals surface area contributed by atoms with Gasteiger partial charge in [0.05, 0.1) is 10.0 Å². The highest BCUT2D eigenvalue weighted by Crippen LogP contribution is 2.35. The maximum Gasteiger partial charge on any atom is 0.269 e. The van der Waals surface area contributed by atoms with Gasteiger partial charge >= 0.3 is 0 Å². The van der Waals surface area contributed by atoms with Crippen molar-refractivity contribution in [3.8, 4) is 5.75 Å². The predicted molar refractivity (Wildman–Crippen MR) is 54.8 cm³/mol. The van der Waals surface area contributed by atoms with Crippen LogP contribution in [0.25, 0.3) is 0 Å². The Bertz CT molecular complexity index is 312. The van der Waals surface area contributed by atoms with Gasteiger partial charge in [-0.15, -0.1) is 0 Å². The lowest BCUT2D eigenvalue weighted by atomic mass is 10.3. The first-order valence-electron chi connectivity index (χ1n) is 3.60. The van der Waals surface area contributed by atoms with Crippen LogP contribution in [0.2, 0.25) is 10.0 Å². The first kappa shape index (κ1) is 11.4. The van der Waals surface area contributed by atoms with Crippen LogP contribution in [-0.2, 0) is 0 Å². The highest BCUT2D eigenvalue weighted by Gasteiger charge is 2.12. The van der Waals surface area contributed by atoms with E-state index in [2.05, 4.69) is 0 Å². The largest absolute Gasteiger partial charge is 0.447 e. The van der Waals surface area contributed by atoms with E-state index in [1.54, 1.807) is 0 Å². The summed E-state index contributed by atoms with van der Waals surface area (Å²) in [5, 5.41) is 9.42. The van der Waals surface area contributed by atoms with E-state index in [1.165, 1.54) is 12.1 Å². The van der Waals surface area contributed by atoms with E-state index >= 15 is 0 Å². The maximum atomic E-state index is 9.02. The van der Waals surface area contributed by atoms with Gasteiger partial charge in [-0.3, -0.25) is 5.84 Å². The van der Waals surface area contributed by atoms with E-state index in [-0.39, 0.29) is 15.8 Å². The molecule has 0 aliphatic rings. The second-order valence-electron chi connectivity index (χ2n) is 2.45. The third-order valence-electron chi connectivity index (χ3n) is 1.39. The Morgan fingerprint density at radius 3 is 2.29 bits per heavy atom. The van der Waals surface area contributed by atoms with Crippen LogP contribution in [0.15, 0.2) is 12.1 Å². The van der Waals surface area contributed by atoms with Gasteiger partial charge in [-0.2, -0.15) is 5.43 Å². The summed E-state index contributed by atoms with van der Waals surface area (Å²) in [6.07, 6.45) is -1.38. The lowest BCUT2D eigenvalue weighted by Crippen LogP contribution is -2.39. The van der Waals surface area contributed by atoms with Gasteiger partial charge in [-0.05, 0) is 12.1 Å². The average molecular weight is 238 g/mol. The number of hydrogen-bond acceptors (Lipinski definition) is 5. The Morgan fingerprint density at radius 2 is 1.86 bits per heavy atom. The zero-order valence-electron chi connectivity index (χ0n) is 7.00. The van der Waals surface area contributed by atoms with E-state index in [0.29, 0.717) is 5.69 Å². The molecule has 0 aromatic heterocycles. The molecule has 0 fully saturated rings. The van der Waals surface area contributed by atoms with Crippen molar-refractivity contribution in [1.29, 1.82) is 0 Å². The molecule has 0 spiro atoms. The van der Waals surface area contributed by atoms with Crippen LogP contribution in [0, 0.1) is 0 Å². The molecule has 0 radical (unpaired) electrons. The lowest BCUT2D eigenvalue weighted by molar-refractivity contribution is -0.0437. The minimum Gasteiger partial charge on any atom is -0.447 e. The minimum absolute atomic E-state index is 0.119. The Balaban J connectivity index is 2.96. The molecule has 1 aromatic rings. The van der Waals surface area contributed by atoms with Crippen molar-refractivity contribution in [1.82, 2.24) is 5.43 Å². The Hall–Kier alpha value is -0.720. The van der Waals surface area contributed by atoms with Gasteiger partial charge in [-0.25, -0.2) is 0 Å².